The maximum absolute atomic E-state index is 11.7. The number of methoxy groups -OCH3 is 1. The van der Waals surface area contributed by atoms with E-state index in [0.717, 1.165) is 7.11 Å². The highest BCUT2D eigenvalue weighted by Crippen LogP contribution is 2.17. The predicted molar refractivity (Wildman–Crippen MR) is 68.3 cm³/mol. The molecule has 1 aromatic carbocycles. The number of ether oxygens (including phenoxy) is 1. The Bertz CT molecular complexity index is 737. The zero-order valence-electron chi connectivity index (χ0n) is 9.58. The lowest BCUT2D eigenvalue weighted by atomic mass is 10.2. The van der Waals surface area contributed by atoms with Crippen molar-refractivity contribution >= 4 is 38.7 Å². The van der Waals surface area contributed by atoms with Crippen LogP contribution in [0.1, 0.15) is 5.69 Å². The van der Waals surface area contributed by atoms with Gasteiger partial charge in [-0.25, -0.2) is 14.6 Å². The maximum atomic E-state index is 11.7. The molecule has 0 unspecified atom stereocenters. The number of carbonyl (C=O) groups excluding carboxylic acids is 1. The summed E-state index contributed by atoms with van der Waals surface area (Å²) in [5.41, 5.74) is -1.35. The summed E-state index contributed by atoms with van der Waals surface area (Å²) < 4.78 is 10.1. The fourth-order valence-corrected chi connectivity index (χ4v) is 1.75. The highest BCUT2D eigenvalue weighted by Gasteiger charge is 2.22. The molecule has 0 fully saturated rings. The van der Waals surface area contributed by atoms with Crippen molar-refractivity contribution in [3.8, 4) is 0 Å². The Labute approximate surface area is 114 Å². The lowest BCUT2D eigenvalue weighted by Gasteiger charge is -2.02. The van der Waals surface area contributed by atoms with E-state index in [-0.39, 0.29) is 5.58 Å². The third-order valence-corrected chi connectivity index (χ3v) is 2.75. The van der Waals surface area contributed by atoms with Crippen LogP contribution in [0.25, 0.3) is 11.1 Å². The number of hydrogen-bond donors (Lipinski definition) is 1. The van der Waals surface area contributed by atoms with E-state index >= 15 is 0 Å². The molecule has 98 valence electrons. The molecule has 0 aliphatic rings. The van der Waals surface area contributed by atoms with Gasteiger partial charge in [-0.3, -0.25) is 0 Å². The van der Waals surface area contributed by atoms with Gasteiger partial charge in [-0.1, -0.05) is 21.1 Å². The molecule has 2 aromatic rings. The fourth-order valence-electron chi connectivity index (χ4n) is 1.41. The first-order chi connectivity index (χ1) is 9.06. The zero-order valence-corrected chi connectivity index (χ0v) is 11.2. The summed E-state index contributed by atoms with van der Waals surface area (Å²) in [5.74, 6) is -0.987. The number of benzene rings is 1. The van der Waals surface area contributed by atoms with Crippen LogP contribution in [-0.4, -0.2) is 29.0 Å². The summed E-state index contributed by atoms with van der Waals surface area (Å²) in [6, 6.07) is 4.83. The SMILES string of the molecule is COC(=O)/C(=N/O)c1nc2ccc(Br)cc2oc1=O. The van der Waals surface area contributed by atoms with Crippen LogP contribution in [0, 0.1) is 0 Å². The summed E-state index contributed by atoms with van der Waals surface area (Å²) in [7, 11) is 1.09. The molecule has 0 saturated heterocycles. The van der Waals surface area contributed by atoms with Gasteiger partial charge >= 0.3 is 11.6 Å². The number of esters is 1. The largest absolute Gasteiger partial charge is 0.464 e. The van der Waals surface area contributed by atoms with Crippen LogP contribution in [0.3, 0.4) is 0 Å². The van der Waals surface area contributed by atoms with Gasteiger partial charge in [0.1, 0.15) is 5.52 Å². The first kappa shape index (κ1) is 13.2. The molecule has 1 aromatic heterocycles. The Morgan fingerprint density at radius 2 is 2.26 bits per heavy atom. The molecule has 0 aliphatic heterocycles. The zero-order chi connectivity index (χ0) is 14.0. The second-order valence-electron chi connectivity index (χ2n) is 3.40. The number of aromatic nitrogens is 1. The predicted octanol–water partition coefficient (Wildman–Crippen LogP) is 1.30. The number of oxime groups is 1. The topological polar surface area (TPSA) is 102 Å². The molecule has 2 rings (SSSR count). The van der Waals surface area contributed by atoms with Crippen LogP contribution in [0.4, 0.5) is 0 Å². The number of fused-ring (bicyclic) bond motifs is 1. The molecule has 0 aliphatic carbocycles. The van der Waals surface area contributed by atoms with E-state index in [1.54, 1.807) is 18.2 Å². The Morgan fingerprint density at radius 3 is 2.89 bits per heavy atom. The van der Waals surface area contributed by atoms with Gasteiger partial charge in [0.15, 0.2) is 11.3 Å². The van der Waals surface area contributed by atoms with Gasteiger partial charge in [0, 0.05) is 4.47 Å². The lowest BCUT2D eigenvalue weighted by molar-refractivity contribution is -0.132. The van der Waals surface area contributed by atoms with Gasteiger partial charge in [0.05, 0.1) is 7.11 Å². The summed E-state index contributed by atoms with van der Waals surface area (Å²) in [4.78, 5) is 27.0. The molecular formula is C11H7BrN2O5. The molecule has 8 heteroatoms. The Kier molecular flexibility index (Phi) is 3.61. The van der Waals surface area contributed by atoms with E-state index in [4.69, 9.17) is 9.62 Å². The number of rotatable bonds is 2. The van der Waals surface area contributed by atoms with E-state index in [1.807, 2.05) is 0 Å². The molecule has 0 radical (unpaired) electrons. The van der Waals surface area contributed by atoms with E-state index in [1.165, 1.54) is 0 Å². The van der Waals surface area contributed by atoms with Gasteiger partial charge in [0.2, 0.25) is 5.71 Å². The molecule has 1 N–H and O–H groups in total. The molecule has 0 saturated carbocycles. The molecule has 0 spiro atoms. The van der Waals surface area contributed by atoms with Crippen molar-refractivity contribution in [2.75, 3.05) is 7.11 Å². The summed E-state index contributed by atoms with van der Waals surface area (Å²) >= 11 is 3.22. The highest BCUT2D eigenvalue weighted by molar-refractivity contribution is 9.10. The Balaban J connectivity index is 2.68. The van der Waals surface area contributed by atoms with Crippen molar-refractivity contribution in [2.24, 2.45) is 5.16 Å². The lowest BCUT2D eigenvalue weighted by Crippen LogP contribution is -2.25. The molecule has 0 atom stereocenters. The van der Waals surface area contributed by atoms with Gasteiger partial charge in [-0.05, 0) is 18.2 Å². The standard InChI is InChI=1S/C11H7BrN2O5/c1-18-10(15)9(14-17)8-11(16)19-7-4-5(12)2-3-6(7)13-8/h2-4,17H,1H3/b14-9+. The Hall–Kier alpha value is -2.22. The quantitative estimate of drug-likeness (QED) is 0.386. The number of nitrogens with zero attached hydrogens (tertiary/aromatic N) is 2. The molecule has 7 nitrogen and oxygen atoms in total. The monoisotopic (exact) mass is 326 g/mol. The average Bonchev–Trinajstić information content (AvgIpc) is 2.40. The van der Waals surface area contributed by atoms with E-state index in [0.29, 0.717) is 9.99 Å². The van der Waals surface area contributed by atoms with Gasteiger partial charge in [0.25, 0.3) is 0 Å². The third kappa shape index (κ3) is 2.48. The van der Waals surface area contributed by atoms with Crippen LogP contribution >= 0.6 is 15.9 Å². The maximum Gasteiger partial charge on any atom is 0.365 e. The molecule has 0 amide bonds. The van der Waals surface area contributed by atoms with Crippen LogP contribution in [0.5, 0.6) is 0 Å². The summed E-state index contributed by atoms with van der Waals surface area (Å²) in [6.07, 6.45) is 0. The summed E-state index contributed by atoms with van der Waals surface area (Å²) in [5, 5.41) is 11.5. The average molecular weight is 327 g/mol. The molecule has 0 bridgehead atoms. The van der Waals surface area contributed by atoms with Crippen molar-refractivity contribution in [3.05, 3.63) is 38.8 Å². The molecular weight excluding hydrogens is 320 g/mol. The number of hydrogen-bond acceptors (Lipinski definition) is 7. The number of halogens is 1. The second kappa shape index (κ2) is 5.19. The minimum Gasteiger partial charge on any atom is -0.464 e. The minimum absolute atomic E-state index is 0.241. The van der Waals surface area contributed by atoms with Crippen LogP contribution < -0.4 is 5.63 Å². The van der Waals surface area contributed by atoms with Crippen molar-refractivity contribution in [3.63, 3.8) is 0 Å². The van der Waals surface area contributed by atoms with Crippen LogP contribution in [0.2, 0.25) is 0 Å². The number of carbonyl (C=O) groups is 1. The molecule has 1 heterocycles. The first-order valence-electron chi connectivity index (χ1n) is 4.98. The van der Waals surface area contributed by atoms with Gasteiger partial charge in [-0.2, -0.15) is 0 Å². The smallest absolute Gasteiger partial charge is 0.365 e. The fraction of sp³-hybridized carbons (Fsp3) is 0.0909. The van der Waals surface area contributed by atoms with E-state index in [9.17, 15) is 9.59 Å². The van der Waals surface area contributed by atoms with Crippen LogP contribution in [-0.2, 0) is 9.53 Å². The second-order valence-corrected chi connectivity index (χ2v) is 4.32. The highest BCUT2D eigenvalue weighted by atomic mass is 79.9. The normalized spacial score (nSPS) is 11.6. The van der Waals surface area contributed by atoms with E-state index in [2.05, 4.69) is 30.8 Å². The minimum atomic E-state index is -0.987. The molecule has 19 heavy (non-hydrogen) atoms. The van der Waals surface area contributed by atoms with Gasteiger partial charge in [-0.15, -0.1) is 0 Å². The van der Waals surface area contributed by atoms with E-state index < -0.39 is 23.0 Å². The Morgan fingerprint density at radius 1 is 1.53 bits per heavy atom. The van der Waals surface area contributed by atoms with Crippen molar-refractivity contribution in [1.82, 2.24) is 4.98 Å². The van der Waals surface area contributed by atoms with Gasteiger partial charge < -0.3 is 14.4 Å². The van der Waals surface area contributed by atoms with Crippen molar-refractivity contribution in [1.29, 1.82) is 0 Å². The van der Waals surface area contributed by atoms with Crippen molar-refractivity contribution in [2.45, 2.75) is 0 Å². The van der Waals surface area contributed by atoms with Crippen molar-refractivity contribution < 1.29 is 19.2 Å². The summed E-state index contributed by atoms with van der Waals surface area (Å²) in [6.45, 7) is 0. The van der Waals surface area contributed by atoms with Crippen LogP contribution in [0.15, 0.2) is 37.0 Å². The first-order valence-corrected chi connectivity index (χ1v) is 5.77. The third-order valence-electron chi connectivity index (χ3n) is 2.25.